The largest absolute Gasteiger partial charge is 0.382 e. The van der Waals surface area contributed by atoms with Gasteiger partial charge in [0.05, 0.1) is 0 Å². The lowest BCUT2D eigenvalue weighted by atomic mass is 9.93. The van der Waals surface area contributed by atoms with Gasteiger partial charge >= 0.3 is 0 Å². The predicted molar refractivity (Wildman–Crippen MR) is 72.5 cm³/mol. The third kappa shape index (κ3) is 2.19. The van der Waals surface area contributed by atoms with Crippen LogP contribution in [0.1, 0.15) is 24.0 Å². The normalized spacial score (nSPS) is 31.5. The van der Waals surface area contributed by atoms with Crippen LogP contribution in [0, 0.1) is 19.8 Å². The smallest absolute Gasteiger partial charge is 0.0374 e. The fourth-order valence-electron chi connectivity index (χ4n) is 3.23. The predicted octanol–water partition coefficient (Wildman–Crippen LogP) is 2.81. The number of hydrogen-bond acceptors (Lipinski definition) is 2. The minimum absolute atomic E-state index is 0.689. The van der Waals surface area contributed by atoms with Gasteiger partial charge in [-0.1, -0.05) is 12.1 Å². The fraction of sp³-hybridized carbons (Fsp3) is 0.600. The Morgan fingerprint density at radius 1 is 1.18 bits per heavy atom. The molecule has 2 aliphatic heterocycles. The maximum absolute atomic E-state index is 3.79. The van der Waals surface area contributed by atoms with Gasteiger partial charge < -0.3 is 10.2 Å². The molecule has 0 saturated carbocycles. The van der Waals surface area contributed by atoms with E-state index in [1.165, 1.54) is 49.3 Å². The van der Waals surface area contributed by atoms with E-state index in [9.17, 15) is 0 Å². The van der Waals surface area contributed by atoms with Crippen molar-refractivity contribution in [1.82, 2.24) is 4.90 Å². The molecule has 3 unspecified atom stereocenters. The molecule has 1 N–H and O–H groups in total. The van der Waals surface area contributed by atoms with Gasteiger partial charge in [-0.2, -0.15) is 0 Å². The van der Waals surface area contributed by atoms with Gasteiger partial charge in [0.2, 0.25) is 0 Å². The highest BCUT2D eigenvalue weighted by Crippen LogP contribution is 2.30. The summed E-state index contributed by atoms with van der Waals surface area (Å²) in [6.07, 6.45) is 2.68. The van der Waals surface area contributed by atoms with E-state index < -0.39 is 0 Å². The standard InChI is InChI=1S/C15H22N2/c1-11-3-4-12(2)15(9-11)16-14-6-8-17-7-5-13(14)10-17/h3-4,9,13-14,16H,5-8,10H2,1-2H3. The molecule has 92 valence electrons. The van der Waals surface area contributed by atoms with Crippen molar-refractivity contribution in [2.24, 2.45) is 5.92 Å². The van der Waals surface area contributed by atoms with Crippen molar-refractivity contribution in [1.29, 1.82) is 0 Å². The number of benzene rings is 1. The highest BCUT2D eigenvalue weighted by Gasteiger charge is 2.34. The highest BCUT2D eigenvalue weighted by atomic mass is 15.2. The van der Waals surface area contributed by atoms with Gasteiger partial charge in [-0.15, -0.1) is 0 Å². The number of aryl methyl sites for hydroxylation is 2. The molecule has 2 nitrogen and oxygen atoms in total. The Balaban J connectivity index is 1.75. The third-order valence-electron chi connectivity index (χ3n) is 4.37. The molecule has 2 bridgehead atoms. The Kier molecular flexibility index (Phi) is 2.83. The van der Waals surface area contributed by atoms with Crippen LogP contribution in [0.5, 0.6) is 0 Å². The van der Waals surface area contributed by atoms with Crippen LogP contribution in [-0.2, 0) is 0 Å². The molecule has 2 aliphatic rings. The Labute approximate surface area is 104 Å². The summed E-state index contributed by atoms with van der Waals surface area (Å²) in [6, 6.07) is 7.39. The number of fused-ring (bicyclic) bond motifs is 2. The van der Waals surface area contributed by atoms with Gasteiger partial charge in [0.1, 0.15) is 0 Å². The molecular weight excluding hydrogens is 208 g/mol. The summed E-state index contributed by atoms with van der Waals surface area (Å²) >= 11 is 0. The average Bonchev–Trinajstić information content (AvgIpc) is 2.70. The molecule has 0 spiro atoms. The number of hydrogen-bond donors (Lipinski definition) is 1. The van der Waals surface area contributed by atoms with E-state index in [-0.39, 0.29) is 0 Å². The van der Waals surface area contributed by atoms with Crippen molar-refractivity contribution in [3.8, 4) is 0 Å². The maximum atomic E-state index is 3.79. The summed E-state index contributed by atoms with van der Waals surface area (Å²) in [7, 11) is 0. The SMILES string of the molecule is Cc1ccc(C)c(NC2CCN3CCC2C3)c1. The number of rotatable bonds is 2. The maximum Gasteiger partial charge on any atom is 0.0374 e. The van der Waals surface area contributed by atoms with Gasteiger partial charge in [0.25, 0.3) is 0 Å². The lowest BCUT2D eigenvalue weighted by Gasteiger charge is -2.32. The first kappa shape index (κ1) is 11.1. The Morgan fingerprint density at radius 3 is 2.88 bits per heavy atom. The Morgan fingerprint density at radius 2 is 2.00 bits per heavy atom. The van der Waals surface area contributed by atoms with E-state index in [0.29, 0.717) is 6.04 Å². The highest BCUT2D eigenvalue weighted by molar-refractivity contribution is 5.53. The van der Waals surface area contributed by atoms with Crippen LogP contribution >= 0.6 is 0 Å². The second-order valence-electron chi connectivity index (χ2n) is 5.71. The molecule has 17 heavy (non-hydrogen) atoms. The van der Waals surface area contributed by atoms with Crippen molar-refractivity contribution in [3.05, 3.63) is 29.3 Å². The molecule has 3 atom stereocenters. The van der Waals surface area contributed by atoms with E-state index in [1.54, 1.807) is 0 Å². The average molecular weight is 230 g/mol. The van der Waals surface area contributed by atoms with E-state index in [2.05, 4.69) is 42.3 Å². The van der Waals surface area contributed by atoms with Crippen LogP contribution in [-0.4, -0.2) is 30.6 Å². The molecule has 2 saturated heterocycles. The molecule has 2 heterocycles. The van der Waals surface area contributed by atoms with Crippen molar-refractivity contribution < 1.29 is 0 Å². The fourth-order valence-corrected chi connectivity index (χ4v) is 3.23. The minimum atomic E-state index is 0.689. The molecule has 3 rings (SSSR count). The number of anilines is 1. The molecule has 1 aromatic rings. The summed E-state index contributed by atoms with van der Waals surface area (Å²) in [6.45, 7) is 8.27. The first-order valence-electron chi connectivity index (χ1n) is 6.78. The van der Waals surface area contributed by atoms with E-state index in [4.69, 9.17) is 0 Å². The topological polar surface area (TPSA) is 15.3 Å². The molecule has 0 aromatic heterocycles. The molecule has 1 aromatic carbocycles. The molecule has 0 aliphatic carbocycles. The van der Waals surface area contributed by atoms with Crippen molar-refractivity contribution in [2.45, 2.75) is 32.7 Å². The lowest BCUT2D eigenvalue weighted by Crippen LogP contribution is -2.39. The molecule has 0 amide bonds. The zero-order chi connectivity index (χ0) is 11.8. The van der Waals surface area contributed by atoms with Gasteiger partial charge in [-0.25, -0.2) is 0 Å². The van der Waals surface area contributed by atoms with Crippen LogP contribution in [0.3, 0.4) is 0 Å². The number of nitrogens with zero attached hydrogens (tertiary/aromatic N) is 1. The summed E-state index contributed by atoms with van der Waals surface area (Å²) in [4.78, 5) is 2.60. The summed E-state index contributed by atoms with van der Waals surface area (Å²) in [5.74, 6) is 0.865. The molecule has 2 heteroatoms. The van der Waals surface area contributed by atoms with E-state index in [0.717, 1.165) is 5.92 Å². The molecule has 2 fully saturated rings. The minimum Gasteiger partial charge on any atom is -0.382 e. The van der Waals surface area contributed by atoms with Gasteiger partial charge in [-0.3, -0.25) is 0 Å². The quantitative estimate of drug-likeness (QED) is 0.840. The van der Waals surface area contributed by atoms with E-state index in [1.807, 2.05) is 0 Å². The first-order chi connectivity index (χ1) is 8.22. The van der Waals surface area contributed by atoms with Gasteiger partial charge in [-0.05, 0) is 56.3 Å². The van der Waals surface area contributed by atoms with Crippen LogP contribution in [0.4, 0.5) is 5.69 Å². The van der Waals surface area contributed by atoms with Crippen molar-refractivity contribution in [3.63, 3.8) is 0 Å². The monoisotopic (exact) mass is 230 g/mol. The second kappa shape index (κ2) is 4.34. The van der Waals surface area contributed by atoms with Crippen LogP contribution in [0.15, 0.2) is 18.2 Å². The van der Waals surface area contributed by atoms with E-state index >= 15 is 0 Å². The number of nitrogens with one attached hydrogen (secondary N) is 1. The second-order valence-corrected chi connectivity index (χ2v) is 5.71. The van der Waals surface area contributed by atoms with Crippen molar-refractivity contribution >= 4 is 5.69 Å². The summed E-state index contributed by atoms with van der Waals surface area (Å²) < 4.78 is 0. The zero-order valence-electron chi connectivity index (χ0n) is 10.9. The summed E-state index contributed by atoms with van der Waals surface area (Å²) in [5, 5.41) is 3.79. The van der Waals surface area contributed by atoms with Crippen LogP contribution in [0.2, 0.25) is 0 Å². The van der Waals surface area contributed by atoms with Gasteiger partial charge in [0, 0.05) is 24.8 Å². The van der Waals surface area contributed by atoms with Crippen LogP contribution in [0.25, 0.3) is 0 Å². The molecule has 0 radical (unpaired) electrons. The Hall–Kier alpha value is -1.02. The number of piperidine rings is 1. The summed E-state index contributed by atoms with van der Waals surface area (Å²) in [5.41, 5.74) is 4.06. The van der Waals surface area contributed by atoms with Crippen molar-refractivity contribution in [2.75, 3.05) is 25.0 Å². The molecular formula is C15H22N2. The lowest BCUT2D eigenvalue weighted by molar-refractivity contribution is 0.255. The third-order valence-corrected chi connectivity index (χ3v) is 4.37. The first-order valence-corrected chi connectivity index (χ1v) is 6.78. The zero-order valence-corrected chi connectivity index (χ0v) is 10.9. The van der Waals surface area contributed by atoms with Gasteiger partial charge in [0.15, 0.2) is 0 Å². The Bertz CT molecular complexity index is 413. The van der Waals surface area contributed by atoms with Crippen LogP contribution < -0.4 is 5.32 Å².